The zero-order valence-corrected chi connectivity index (χ0v) is 14.0. The van der Waals surface area contributed by atoms with Gasteiger partial charge in [-0.3, -0.25) is 9.59 Å². The van der Waals surface area contributed by atoms with Crippen LogP contribution in [0.4, 0.5) is 0 Å². The summed E-state index contributed by atoms with van der Waals surface area (Å²) in [6.07, 6.45) is 0. The van der Waals surface area contributed by atoms with Crippen molar-refractivity contribution in [3.05, 3.63) is 19.2 Å². The van der Waals surface area contributed by atoms with Crippen molar-refractivity contribution in [2.45, 2.75) is 13.8 Å². The number of thiophene rings is 1. The Morgan fingerprint density at radius 3 is 2.50 bits per heavy atom. The Morgan fingerprint density at radius 2 is 2.00 bits per heavy atom. The van der Waals surface area contributed by atoms with Gasteiger partial charge in [0.1, 0.15) is 0 Å². The summed E-state index contributed by atoms with van der Waals surface area (Å²) in [6.45, 7) is 4.64. The van der Waals surface area contributed by atoms with Crippen molar-refractivity contribution >= 4 is 55.0 Å². The zero-order valence-electron chi connectivity index (χ0n) is 10.0. The van der Waals surface area contributed by atoms with Gasteiger partial charge in [0, 0.05) is 11.0 Å². The standard InChI is InChI=1S/C11H14Br2N2O2S/c1-6(2)4-14-9(16)5-15-11(17)8-3-7(12)10(13)18-8/h3,6H,4-5H2,1-2H3,(H,14,16)(H,15,17). The molecule has 0 saturated carbocycles. The lowest BCUT2D eigenvalue weighted by atomic mass is 10.2. The van der Waals surface area contributed by atoms with Crippen LogP contribution in [0.1, 0.15) is 23.5 Å². The van der Waals surface area contributed by atoms with Gasteiger partial charge in [-0.2, -0.15) is 0 Å². The molecule has 1 rings (SSSR count). The Bertz CT molecular complexity index is 427. The van der Waals surface area contributed by atoms with Crippen molar-refractivity contribution in [2.24, 2.45) is 5.92 Å². The van der Waals surface area contributed by atoms with Gasteiger partial charge in [0.2, 0.25) is 5.91 Å². The molecule has 0 fully saturated rings. The molecular formula is C11H14Br2N2O2S. The Hall–Kier alpha value is -0.400. The lowest BCUT2D eigenvalue weighted by Crippen LogP contribution is -2.38. The van der Waals surface area contributed by atoms with Gasteiger partial charge in [-0.15, -0.1) is 11.3 Å². The van der Waals surface area contributed by atoms with Crippen LogP contribution in [-0.2, 0) is 4.79 Å². The summed E-state index contributed by atoms with van der Waals surface area (Å²) in [5.74, 6) is -0.0216. The number of rotatable bonds is 5. The smallest absolute Gasteiger partial charge is 0.261 e. The molecule has 18 heavy (non-hydrogen) atoms. The molecular weight excluding hydrogens is 384 g/mol. The van der Waals surface area contributed by atoms with Crippen LogP contribution >= 0.6 is 43.2 Å². The summed E-state index contributed by atoms with van der Waals surface area (Å²) in [6, 6.07) is 1.72. The quantitative estimate of drug-likeness (QED) is 0.802. The summed E-state index contributed by atoms with van der Waals surface area (Å²) in [4.78, 5) is 23.7. The number of amides is 2. The van der Waals surface area contributed by atoms with Gasteiger partial charge in [0.15, 0.2) is 0 Å². The fourth-order valence-electron chi connectivity index (χ4n) is 1.09. The Kier molecular flexibility index (Phi) is 6.31. The largest absolute Gasteiger partial charge is 0.354 e. The van der Waals surface area contributed by atoms with Crippen LogP contribution in [0.15, 0.2) is 14.3 Å². The van der Waals surface area contributed by atoms with Crippen LogP contribution in [0.25, 0.3) is 0 Å². The molecule has 7 heteroatoms. The molecule has 0 bridgehead atoms. The van der Waals surface area contributed by atoms with Crippen molar-refractivity contribution in [3.63, 3.8) is 0 Å². The minimum Gasteiger partial charge on any atom is -0.354 e. The van der Waals surface area contributed by atoms with E-state index in [2.05, 4.69) is 42.5 Å². The normalized spacial score (nSPS) is 10.5. The molecule has 1 aromatic rings. The number of nitrogens with one attached hydrogen (secondary N) is 2. The number of halogens is 2. The third kappa shape index (κ3) is 5.07. The van der Waals surface area contributed by atoms with Crippen LogP contribution in [0.3, 0.4) is 0 Å². The van der Waals surface area contributed by atoms with E-state index in [4.69, 9.17) is 0 Å². The lowest BCUT2D eigenvalue weighted by molar-refractivity contribution is -0.120. The number of hydrogen-bond acceptors (Lipinski definition) is 3. The van der Waals surface area contributed by atoms with Crippen LogP contribution in [0.2, 0.25) is 0 Å². The predicted molar refractivity (Wildman–Crippen MR) is 79.9 cm³/mol. The van der Waals surface area contributed by atoms with E-state index in [0.717, 1.165) is 8.26 Å². The fourth-order valence-corrected chi connectivity index (χ4v) is 3.04. The highest BCUT2D eigenvalue weighted by atomic mass is 79.9. The van der Waals surface area contributed by atoms with Gasteiger partial charge in [0.25, 0.3) is 5.91 Å². The highest BCUT2D eigenvalue weighted by molar-refractivity contribution is 9.13. The van der Waals surface area contributed by atoms with E-state index in [9.17, 15) is 9.59 Å². The predicted octanol–water partition coefficient (Wildman–Crippen LogP) is 2.78. The Morgan fingerprint density at radius 1 is 1.33 bits per heavy atom. The molecule has 1 aromatic heterocycles. The molecule has 0 saturated heterocycles. The molecule has 0 aromatic carbocycles. The molecule has 1 heterocycles. The molecule has 4 nitrogen and oxygen atoms in total. The van der Waals surface area contributed by atoms with Crippen molar-refractivity contribution in [3.8, 4) is 0 Å². The summed E-state index contributed by atoms with van der Waals surface area (Å²) in [5.41, 5.74) is 0. The van der Waals surface area contributed by atoms with Gasteiger partial charge >= 0.3 is 0 Å². The first-order chi connectivity index (χ1) is 8.40. The third-order valence-corrected chi connectivity index (χ3v) is 5.24. The van der Waals surface area contributed by atoms with Crippen LogP contribution in [0, 0.1) is 5.92 Å². The second-order valence-electron chi connectivity index (χ2n) is 4.11. The average molecular weight is 398 g/mol. The lowest BCUT2D eigenvalue weighted by Gasteiger charge is -2.07. The fraction of sp³-hybridized carbons (Fsp3) is 0.455. The minimum atomic E-state index is -0.244. The maximum absolute atomic E-state index is 11.7. The average Bonchev–Trinajstić information content (AvgIpc) is 2.64. The Labute approximate surface area is 127 Å². The molecule has 0 atom stereocenters. The molecule has 2 N–H and O–H groups in total. The van der Waals surface area contributed by atoms with Crippen LogP contribution in [0.5, 0.6) is 0 Å². The summed E-state index contributed by atoms with van der Waals surface area (Å²) in [5, 5.41) is 5.32. The second kappa shape index (κ2) is 7.25. The van der Waals surface area contributed by atoms with Crippen molar-refractivity contribution in [1.29, 1.82) is 0 Å². The van der Waals surface area contributed by atoms with E-state index in [-0.39, 0.29) is 18.4 Å². The molecule has 0 radical (unpaired) electrons. The number of carbonyl (C=O) groups excluding carboxylic acids is 2. The van der Waals surface area contributed by atoms with Gasteiger partial charge < -0.3 is 10.6 Å². The van der Waals surface area contributed by atoms with Gasteiger partial charge in [-0.1, -0.05) is 13.8 Å². The molecule has 0 aliphatic carbocycles. The maximum Gasteiger partial charge on any atom is 0.261 e. The summed E-state index contributed by atoms with van der Waals surface area (Å²) in [7, 11) is 0. The monoisotopic (exact) mass is 396 g/mol. The molecule has 0 aliphatic heterocycles. The highest BCUT2D eigenvalue weighted by Crippen LogP contribution is 2.32. The molecule has 0 unspecified atom stereocenters. The summed E-state index contributed by atoms with van der Waals surface area (Å²) < 4.78 is 1.69. The number of carbonyl (C=O) groups is 2. The van der Waals surface area contributed by atoms with Gasteiger partial charge in [0.05, 0.1) is 15.2 Å². The van der Waals surface area contributed by atoms with Crippen molar-refractivity contribution in [1.82, 2.24) is 10.6 Å². The van der Waals surface area contributed by atoms with Crippen molar-refractivity contribution < 1.29 is 9.59 Å². The number of hydrogen-bond donors (Lipinski definition) is 2. The molecule has 2 amide bonds. The van der Waals surface area contributed by atoms with Gasteiger partial charge in [-0.25, -0.2) is 0 Å². The van der Waals surface area contributed by atoms with E-state index in [0.29, 0.717) is 17.3 Å². The Balaban J connectivity index is 2.39. The van der Waals surface area contributed by atoms with E-state index in [1.165, 1.54) is 11.3 Å². The van der Waals surface area contributed by atoms with E-state index < -0.39 is 0 Å². The van der Waals surface area contributed by atoms with E-state index in [1.807, 2.05) is 13.8 Å². The topological polar surface area (TPSA) is 58.2 Å². The molecule has 0 aliphatic rings. The molecule has 0 spiro atoms. The minimum absolute atomic E-state index is 0.00130. The first-order valence-electron chi connectivity index (χ1n) is 5.40. The second-order valence-corrected chi connectivity index (χ2v) is 7.34. The molecule has 100 valence electrons. The van der Waals surface area contributed by atoms with Crippen LogP contribution in [-0.4, -0.2) is 24.9 Å². The van der Waals surface area contributed by atoms with Gasteiger partial charge in [-0.05, 0) is 43.8 Å². The zero-order chi connectivity index (χ0) is 13.7. The first-order valence-corrected chi connectivity index (χ1v) is 7.80. The van der Waals surface area contributed by atoms with Crippen molar-refractivity contribution in [2.75, 3.05) is 13.1 Å². The first kappa shape index (κ1) is 15.7. The maximum atomic E-state index is 11.7. The highest BCUT2D eigenvalue weighted by Gasteiger charge is 2.12. The summed E-state index contributed by atoms with van der Waals surface area (Å²) >= 11 is 7.95. The SMILES string of the molecule is CC(C)CNC(=O)CNC(=O)c1cc(Br)c(Br)s1. The third-order valence-electron chi connectivity index (χ3n) is 1.99. The van der Waals surface area contributed by atoms with E-state index >= 15 is 0 Å². The van der Waals surface area contributed by atoms with Crippen LogP contribution < -0.4 is 10.6 Å². The van der Waals surface area contributed by atoms with E-state index in [1.54, 1.807) is 6.07 Å².